The molecule has 66 heavy (non-hydrogen) atoms. The van der Waals surface area contributed by atoms with Gasteiger partial charge >= 0.3 is 38.5 Å². The van der Waals surface area contributed by atoms with E-state index in [1.54, 1.807) is 111 Å². The van der Waals surface area contributed by atoms with E-state index in [9.17, 15) is 31.2 Å². The molecular weight excluding hydrogens is 912 g/mol. The lowest BCUT2D eigenvalue weighted by Crippen LogP contribution is -2.62. The largest absolute Gasteiger partial charge is 0.465 e. The average Bonchev–Trinajstić information content (AvgIpc) is 3.26. The molecule has 6 rings (SSSR count). The number of piperazine rings is 2. The molecule has 2 aromatic heterocycles. The van der Waals surface area contributed by atoms with E-state index in [2.05, 4.69) is 15.3 Å². The Kier molecular flexibility index (Phi) is 18.5. The number of hydrogen-bond acceptors (Lipinski definition) is 13. The molecule has 2 aromatic carbocycles. The molecule has 2 saturated heterocycles. The van der Waals surface area contributed by atoms with Crippen LogP contribution in [0.4, 0.5) is 16.2 Å². The molecule has 2 aliphatic rings. The van der Waals surface area contributed by atoms with Gasteiger partial charge in [0, 0.05) is 62.7 Å². The zero-order valence-electron chi connectivity index (χ0n) is 38.7. The quantitative estimate of drug-likeness (QED) is 0.135. The van der Waals surface area contributed by atoms with Crippen LogP contribution in [0.1, 0.15) is 80.3 Å². The van der Waals surface area contributed by atoms with E-state index in [-0.39, 0.29) is 50.7 Å². The van der Waals surface area contributed by atoms with Gasteiger partial charge in [-0.25, -0.2) is 14.4 Å². The van der Waals surface area contributed by atoms with Crippen LogP contribution < -0.4 is 13.9 Å². The van der Waals surface area contributed by atoms with E-state index in [1.807, 2.05) is 27.7 Å². The van der Waals surface area contributed by atoms with Crippen LogP contribution >= 0.6 is 12.4 Å². The predicted octanol–water partition coefficient (Wildman–Crippen LogP) is 5.67. The molecule has 18 nitrogen and oxygen atoms in total. The van der Waals surface area contributed by atoms with Gasteiger partial charge in [0.2, 0.25) is 0 Å². The standard InChI is InChI=1S/C25H34N4O6S.C20H26N4O4S.ClH/c1-18-15-27(16-19(2)29(18)24(31)35-25(3,4)5)36(32,33)28(22-8-7-13-26-14-22)17-20-9-11-21(12-10-20)23(30)34-6;1-15-12-23(13-16(2)22-15)29(26,27)24(19-5-4-10-21-11-19)14-17-6-8-18(9-7-17)20(25)28-3;/h7-14,18-19H,15-17H2,1-6H3;4-11,15-16,22H,12-14H2,1-3H3;1H/t18-,19+;15-,16+;. The highest BCUT2D eigenvalue weighted by Crippen LogP contribution is 2.28. The first-order valence-electron chi connectivity index (χ1n) is 21.1. The number of carbonyl (C=O) groups is 3. The van der Waals surface area contributed by atoms with Gasteiger partial charge in [-0.15, -0.1) is 12.4 Å². The van der Waals surface area contributed by atoms with Crippen molar-refractivity contribution < 1.29 is 45.4 Å². The number of esters is 2. The minimum atomic E-state index is -4.00. The topological polar surface area (TPSA) is 201 Å². The molecule has 2 aliphatic heterocycles. The molecule has 0 aliphatic carbocycles. The fourth-order valence-electron chi connectivity index (χ4n) is 7.56. The molecule has 4 heterocycles. The summed E-state index contributed by atoms with van der Waals surface area (Å²) in [4.78, 5) is 46.0. The SMILES string of the molecule is COC(=O)c1ccc(CN(c2cccnc2)S(=O)(=O)N2C[C@@H](C)N(C(=O)OC(C)(C)C)[C@@H](C)C2)cc1.COC(=O)c1ccc(CN(c2cccnc2)S(=O)(=O)N2C[C@@H](C)N[C@@H](C)C2)cc1.Cl. The third-order valence-corrected chi connectivity index (χ3v) is 14.2. The summed E-state index contributed by atoms with van der Waals surface area (Å²) in [5.74, 6) is -0.902. The van der Waals surface area contributed by atoms with E-state index in [0.29, 0.717) is 41.2 Å². The van der Waals surface area contributed by atoms with Gasteiger partial charge in [-0.1, -0.05) is 24.3 Å². The third kappa shape index (κ3) is 13.6. The maximum absolute atomic E-state index is 13.9. The highest BCUT2D eigenvalue weighted by molar-refractivity contribution is 7.90. The number of amides is 1. The van der Waals surface area contributed by atoms with Crippen molar-refractivity contribution in [2.75, 3.05) is 49.0 Å². The van der Waals surface area contributed by atoms with Gasteiger partial charge in [-0.2, -0.15) is 25.4 Å². The fraction of sp³-hybridized carbons (Fsp3) is 0.444. The number of hydrogen-bond donors (Lipinski definition) is 1. The molecule has 2 fully saturated rings. The molecule has 4 atom stereocenters. The lowest BCUT2D eigenvalue weighted by atomic mass is 10.1. The van der Waals surface area contributed by atoms with Crippen LogP contribution in [-0.2, 0) is 47.7 Å². The van der Waals surface area contributed by atoms with Gasteiger partial charge in [-0.3, -0.25) is 18.6 Å². The second-order valence-corrected chi connectivity index (χ2v) is 20.7. The lowest BCUT2D eigenvalue weighted by molar-refractivity contribution is -0.00504. The molecule has 1 N–H and O–H groups in total. The third-order valence-electron chi connectivity index (χ3n) is 10.5. The summed E-state index contributed by atoms with van der Waals surface area (Å²) in [5, 5.41) is 3.35. The smallest absolute Gasteiger partial charge is 0.410 e. The van der Waals surface area contributed by atoms with Crippen molar-refractivity contribution in [3.8, 4) is 0 Å². The summed E-state index contributed by atoms with van der Waals surface area (Å²) >= 11 is 0. The van der Waals surface area contributed by atoms with Gasteiger partial charge < -0.3 is 24.4 Å². The van der Waals surface area contributed by atoms with Crippen molar-refractivity contribution in [1.29, 1.82) is 0 Å². The molecule has 0 saturated carbocycles. The van der Waals surface area contributed by atoms with Crippen LogP contribution in [-0.4, -0.2) is 129 Å². The highest BCUT2D eigenvalue weighted by atomic mass is 35.5. The van der Waals surface area contributed by atoms with Crippen molar-refractivity contribution in [3.63, 3.8) is 0 Å². The van der Waals surface area contributed by atoms with Crippen molar-refractivity contribution in [2.24, 2.45) is 0 Å². The summed E-state index contributed by atoms with van der Waals surface area (Å²) in [6.45, 7) is 14.1. The van der Waals surface area contributed by atoms with E-state index < -0.39 is 56.1 Å². The van der Waals surface area contributed by atoms with Crippen molar-refractivity contribution in [3.05, 3.63) is 120 Å². The molecule has 360 valence electrons. The van der Waals surface area contributed by atoms with Gasteiger partial charge in [0.05, 0.1) is 62.2 Å². The Bertz CT molecular complexity index is 2430. The summed E-state index contributed by atoms with van der Waals surface area (Å²) in [6.07, 6.45) is 5.74. The highest BCUT2D eigenvalue weighted by Gasteiger charge is 2.42. The maximum atomic E-state index is 13.9. The molecule has 1 amide bonds. The number of carbonyl (C=O) groups excluding carboxylic acids is 3. The van der Waals surface area contributed by atoms with Crippen LogP contribution in [0.5, 0.6) is 0 Å². The lowest BCUT2D eigenvalue weighted by Gasteiger charge is -2.45. The Balaban J connectivity index is 0.000000290. The van der Waals surface area contributed by atoms with Gasteiger partial charge in [-0.05, 0) is 108 Å². The van der Waals surface area contributed by atoms with Crippen molar-refractivity contribution >= 4 is 62.2 Å². The first-order chi connectivity index (χ1) is 30.6. The first-order valence-corrected chi connectivity index (χ1v) is 23.9. The molecule has 0 spiro atoms. The summed E-state index contributed by atoms with van der Waals surface area (Å²) in [5.41, 5.74) is 2.47. The van der Waals surface area contributed by atoms with Gasteiger partial charge in [0.1, 0.15) is 5.60 Å². The number of rotatable bonds is 12. The van der Waals surface area contributed by atoms with Crippen LogP contribution in [0.15, 0.2) is 97.6 Å². The van der Waals surface area contributed by atoms with E-state index in [1.165, 1.54) is 43.8 Å². The Labute approximate surface area is 395 Å². The minimum absolute atomic E-state index is 0. The minimum Gasteiger partial charge on any atom is -0.465 e. The molecule has 0 bridgehead atoms. The van der Waals surface area contributed by atoms with Crippen LogP contribution in [0.25, 0.3) is 0 Å². The fourth-order valence-corrected chi connectivity index (χ4v) is 11.1. The number of ether oxygens (including phenoxy) is 3. The number of benzene rings is 2. The van der Waals surface area contributed by atoms with Crippen LogP contribution in [0, 0.1) is 0 Å². The van der Waals surface area contributed by atoms with E-state index >= 15 is 0 Å². The van der Waals surface area contributed by atoms with Crippen LogP contribution in [0.2, 0.25) is 0 Å². The Morgan fingerprint density at radius 1 is 0.652 bits per heavy atom. The number of aromatic nitrogens is 2. The Hall–Kier alpha value is -5.38. The van der Waals surface area contributed by atoms with Gasteiger partial charge in [0.25, 0.3) is 0 Å². The second kappa shape index (κ2) is 22.9. The number of anilines is 2. The summed E-state index contributed by atoms with van der Waals surface area (Å²) in [6, 6.07) is 19.4. The molecule has 4 aromatic rings. The molecule has 0 unspecified atom stereocenters. The van der Waals surface area contributed by atoms with Crippen molar-refractivity contribution in [2.45, 2.75) is 91.3 Å². The zero-order chi connectivity index (χ0) is 47.7. The monoisotopic (exact) mass is 972 g/mol. The first kappa shape index (κ1) is 53.2. The van der Waals surface area contributed by atoms with Crippen LogP contribution in [0.3, 0.4) is 0 Å². The number of pyridine rings is 2. The van der Waals surface area contributed by atoms with Crippen molar-refractivity contribution in [1.82, 2.24) is 28.8 Å². The van der Waals surface area contributed by atoms with E-state index in [0.717, 1.165) is 5.56 Å². The second-order valence-electron chi connectivity index (χ2n) is 17.0. The number of methoxy groups -OCH3 is 2. The number of nitrogens with one attached hydrogen (secondary N) is 1. The average molecular weight is 974 g/mol. The number of nitrogens with zero attached hydrogens (tertiary/aromatic N) is 7. The summed E-state index contributed by atoms with van der Waals surface area (Å²) in [7, 11) is -5.15. The number of halogens is 1. The Morgan fingerprint density at radius 3 is 1.36 bits per heavy atom. The molecular formula is C45H61ClN8O10S2. The maximum Gasteiger partial charge on any atom is 0.410 e. The molecule has 21 heteroatoms. The Morgan fingerprint density at radius 2 is 1.03 bits per heavy atom. The summed E-state index contributed by atoms with van der Waals surface area (Å²) < 4.78 is 75.4. The molecule has 0 radical (unpaired) electrons. The predicted molar refractivity (Wildman–Crippen MR) is 254 cm³/mol. The zero-order valence-corrected chi connectivity index (χ0v) is 41.2. The van der Waals surface area contributed by atoms with E-state index in [4.69, 9.17) is 14.2 Å². The normalized spacial score (nSPS) is 19.3. The van der Waals surface area contributed by atoms with Gasteiger partial charge in [0.15, 0.2) is 0 Å².